The minimum absolute atomic E-state index is 0. The Morgan fingerprint density at radius 2 is 1.86 bits per heavy atom. The SMILES string of the molecule is CCN(O)CC.[Cl-].[Cl-].[Zr+2][C]1=CC=CC1. The Labute approximate surface area is 114 Å². The molecule has 1 rings (SSSR count). The van der Waals surface area contributed by atoms with Crippen molar-refractivity contribution in [2.24, 2.45) is 0 Å². The zero-order chi connectivity index (χ0) is 9.40. The van der Waals surface area contributed by atoms with E-state index in [1.165, 1.54) is 11.5 Å². The first-order valence-electron chi connectivity index (χ1n) is 4.21. The van der Waals surface area contributed by atoms with Crippen molar-refractivity contribution in [2.75, 3.05) is 13.1 Å². The molecule has 1 aliphatic carbocycles. The van der Waals surface area contributed by atoms with E-state index in [0.717, 1.165) is 13.1 Å². The van der Waals surface area contributed by atoms with Gasteiger partial charge in [-0.25, -0.2) is 0 Å². The second-order valence-corrected chi connectivity index (χ2v) is 4.04. The summed E-state index contributed by atoms with van der Waals surface area (Å²) < 4.78 is 1.56. The van der Waals surface area contributed by atoms with Crippen molar-refractivity contribution in [3.63, 3.8) is 0 Å². The maximum atomic E-state index is 8.50. The Hall–Kier alpha value is 0.863. The summed E-state index contributed by atoms with van der Waals surface area (Å²) in [6, 6.07) is 0. The van der Waals surface area contributed by atoms with Gasteiger partial charge in [0.1, 0.15) is 0 Å². The number of hydrogen-bond donors (Lipinski definition) is 1. The molecule has 0 unspecified atom stereocenters. The van der Waals surface area contributed by atoms with Crippen molar-refractivity contribution in [1.82, 2.24) is 5.06 Å². The first-order chi connectivity index (χ1) is 5.70. The molecule has 0 saturated carbocycles. The average Bonchev–Trinajstić information content (AvgIpc) is 2.55. The Morgan fingerprint density at radius 3 is 1.93 bits per heavy atom. The summed E-state index contributed by atoms with van der Waals surface area (Å²) in [7, 11) is 0. The summed E-state index contributed by atoms with van der Waals surface area (Å²) in [4.78, 5) is 0. The van der Waals surface area contributed by atoms with Crippen LogP contribution in [0.5, 0.6) is 0 Å². The van der Waals surface area contributed by atoms with Gasteiger partial charge in [-0.05, 0) is 0 Å². The molecule has 0 spiro atoms. The van der Waals surface area contributed by atoms with E-state index >= 15 is 0 Å². The number of halogens is 2. The van der Waals surface area contributed by atoms with E-state index in [4.69, 9.17) is 5.21 Å². The number of nitrogens with zero attached hydrogens (tertiary/aromatic N) is 1. The van der Waals surface area contributed by atoms with Crippen LogP contribution in [0.25, 0.3) is 0 Å². The zero-order valence-electron chi connectivity index (χ0n) is 8.50. The number of hydrogen-bond acceptors (Lipinski definition) is 2. The van der Waals surface area contributed by atoms with Gasteiger partial charge in [0.2, 0.25) is 0 Å². The number of rotatable bonds is 2. The number of hydroxylamine groups is 2. The third kappa shape index (κ3) is 12.9. The molecule has 0 bridgehead atoms. The first kappa shape index (κ1) is 20.3. The maximum absolute atomic E-state index is 8.50. The molecule has 5 heteroatoms. The Morgan fingerprint density at radius 1 is 1.36 bits per heavy atom. The summed E-state index contributed by atoms with van der Waals surface area (Å²) in [5, 5.41) is 9.75. The second kappa shape index (κ2) is 13.9. The van der Waals surface area contributed by atoms with Gasteiger partial charge in [0.15, 0.2) is 0 Å². The molecule has 0 heterocycles. The van der Waals surface area contributed by atoms with Crippen molar-refractivity contribution in [1.29, 1.82) is 0 Å². The topological polar surface area (TPSA) is 23.5 Å². The molecule has 1 aliphatic rings. The fraction of sp³-hybridized carbons (Fsp3) is 0.556. The fourth-order valence-electron chi connectivity index (χ4n) is 0.671. The molecule has 1 N–H and O–H groups in total. The van der Waals surface area contributed by atoms with Crippen LogP contribution >= 0.6 is 0 Å². The molecule has 0 aromatic heterocycles. The van der Waals surface area contributed by atoms with Gasteiger partial charge in [-0.15, -0.1) is 0 Å². The summed E-state index contributed by atoms with van der Waals surface area (Å²) in [6.45, 7) is 5.25. The van der Waals surface area contributed by atoms with Crippen LogP contribution in [-0.4, -0.2) is 23.4 Å². The summed E-state index contributed by atoms with van der Waals surface area (Å²) in [5.41, 5.74) is 0. The van der Waals surface area contributed by atoms with Crippen LogP contribution in [0.1, 0.15) is 20.3 Å². The predicted octanol–water partition coefficient (Wildman–Crippen LogP) is -3.90. The van der Waals surface area contributed by atoms with Crippen LogP contribution in [-0.2, 0) is 24.7 Å². The molecular formula is C9H16Cl2NOZr. The van der Waals surface area contributed by atoms with E-state index in [1.54, 1.807) is 28.0 Å². The van der Waals surface area contributed by atoms with Crippen molar-refractivity contribution in [2.45, 2.75) is 20.3 Å². The van der Waals surface area contributed by atoms with Crippen molar-refractivity contribution in [3.05, 3.63) is 21.5 Å². The van der Waals surface area contributed by atoms with E-state index in [9.17, 15) is 0 Å². The van der Waals surface area contributed by atoms with Gasteiger partial charge in [-0.3, -0.25) is 0 Å². The Balaban J connectivity index is -0.000000151. The second-order valence-electron chi connectivity index (χ2n) is 2.46. The molecule has 0 aliphatic heterocycles. The van der Waals surface area contributed by atoms with Gasteiger partial charge in [-0.2, -0.15) is 5.06 Å². The van der Waals surface area contributed by atoms with Gasteiger partial charge in [0.25, 0.3) is 0 Å². The van der Waals surface area contributed by atoms with E-state index in [-0.39, 0.29) is 24.8 Å². The Bertz CT molecular complexity index is 170. The Kier molecular flexibility index (Phi) is 20.1. The number of allylic oxidation sites excluding steroid dienone is 4. The standard InChI is InChI=1S/C5H5.C4H11NO.2ClH.Zr/c1-2-4-5-3-1;1-3-5(6)4-2;;;/h1-3H,4H2;6H,3-4H2,1-2H3;2*1H;/q;;;;+2/p-2. The van der Waals surface area contributed by atoms with Gasteiger partial charge >= 0.3 is 52.6 Å². The van der Waals surface area contributed by atoms with Gasteiger partial charge in [0, 0.05) is 13.1 Å². The summed E-state index contributed by atoms with van der Waals surface area (Å²) >= 11 is 1.56. The quantitative estimate of drug-likeness (QED) is 0.527. The van der Waals surface area contributed by atoms with Crippen LogP contribution in [0, 0.1) is 0 Å². The van der Waals surface area contributed by atoms with Gasteiger partial charge in [-0.1, -0.05) is 13.8 Å². The van der Waals surface area contributed by atoms with Crippen molar-refractivity contribution < 1.29 is 54.7 Å². The summed E-state index contributed by atoms with van der Waals surface area (Å²) in [5.74, 6) is 0. The third-order valence-corrected chi connectivity index (χ3v) is 2.41. The molecule has 14 heavy (non-hydrogen) atoms. The molecule has 0 aromatic carbocycles. The molecule has 0 aromatic rings. The normalized spacial score (nSPS) is 12.3. The van der Waals surface area contributed by atoms with E-state index < -0.39 is 0 Å². The van der Waals surface area contributed by atoms with E-state index in [1.807, 2.05) is 13.8 Å². The average molecular weight is 316 g/mol. The van der Waals surface area contributed by atoms with Gasteiger partial charge in [0.05, 0.1) is 0 Å². The van der Waals surface area contributed by atoms with Crippen LogP contribution in [0.2, 0.25) is 0 Å². The molecule has 81 valence electrons. The minimum atomic E-state index is 0. The predicted molar refractivity (Wildman–Crippen MR) is 46.5 cm³/mol. The van der Waals surface area contributed by atoms with Crippen LogP contribution in [0.3, 0.4) is 0 Å². The fourth-order valence-corrected chi connectivity index (χ4v) is 1.20. The van der Waals surface area contributed by atoms with Crippen LogP contribution in [0.15, 0.2) is 21.5 Å². The van der Waals surface area contributed by atoms with Crippen molar-refractivity contribution in [3.8, 4) is 0 Å². The molecular weight excluding hydrogens is 300 g/mol. The van der Waals surface area contributed by atoms with Crippen LogP contribution in [0.4, 0.5) is 0 Å². The molecule has 0 saturated heterocycles. The van der Waals surface area contributed by atoms with E-state index in [0.29, 0.717) is 0 Å². The summed E-state index contributed by atoms with van der Waals surface area (Å²) in [6.07, 6.45) is 7.69. The van der Waals surface area contributed by atoms with Crippen LogP contribution < -0.4 is 24.8 Å². The monoisotopic (exact) mass is 314 g/mol. The molecule has 2 nitrogen and oxygen atoms in total. The van der Waals surface area contributed by atoms with Crippen molar-refractivity contribution >= 4 is 0 Å². The molecule has 0 amide bonds. The molecule has 0 fully saturated rings. The first-order valence-corrected chi connectivity index (χ1v) is 5.44. The molecule has 0 atom stereocenters. The molecule has 0 radical (unpaired) electrons. The van der Waals surface area contributed by atoms with Gasteiger partial charge < -0.3 is 30.0 Å². The zero-order valence-corrected chi connectivity index (χ0v) is 12.5. The van der Waals surface area contributed by atoms with E-state index in [2.05, 4.69) is 18.2 Å². The third-order valence-electron chi connectivity index (χ3n) is 1.50.